The molecule has 0 amide bonds. The van der Waals surface area contributed by atoms with Crippen LogP contribution in [0.2, 0.25) is 0 Å². The summed E-state index contributed by atoms with van der Waals surface area (Å²) < 4.78 is 0. The third-order valence-electron chi connectivity index (χ3n) is 4.67. The Morgan fingerprint density at radius 3 is 2.94 bits per heavy atom. The van der Waals surface area contributed by atoms with Gasteiger partial charge in [-0.25, -0.2) is 0 Å². The first-order valence-corrected chi connectivity index (χ1v) is 8.04. The molecule has 0 aromatic heterocycles. The van der Waals surface area contributed by atoms with E-state index in [-0.39, 0.29) is 0 Å². The summed E-state index contributed by atoms with van der Waals surface area (Å²) in [6.45, 7) is 2.20. The van der Waals surface area contributed by atoms with Crippen molar-refractivity contribution in [1.82, 2.24) is 0 Å². The van der Waals surface area contributed by atoms with Gasteiger partial charge in [-0.15, -0.1) is 0 Å². The fourth-order valence-electron chi connectivity index (χ4n) is 3.46. The third-order valence-corrected chi connectivity index (χ3v) is 5.85. The van der Waals surface area contributed by atoms with E-state index in [4.69, 9.17) is 0 Å². The second-order valence-electron chi connectivity index (χ2n) is 5.71. The lowest BCUT2D eigenvalue weighted by Crippen LogP contribution is -2.43. The zero-order chi connectivity index (χ0) is 12.3. The van der Waals surface area contributed by atoms with Gasteiger partial charge in [0.2, 0.25) is 0 Å². The maximum Gasteiger partial charge on any atom is 0.0838 e. The molecule has 2 aliphatic rings. The summed E-state index contributed by atoms with van der Waals surface area (Å²) in [4.78, 5) is 0. The quantitative estimate of drug-likeness (QED) is 0.840. The zero-order valence-electron chi connectivity index (χ0n) is 10.7. The number of rotatable bonds is 3. The molecular weight excluding hydrogens is 230 g/mol. The van der Waals surface area contributed by atoms with Crippen molar-refractivity contribution in [3.63, 3.8) is 0 Å². The molecule has 0 spiro atoms. The second-order valence-corrected chi connectivity index (χ2v) is 6.86. The average Bonchev–Trinajstić information content (AvgIpc) is 2.91. The highest BCUT2D eigenvalue weighted by Crippen LogP contribution is 2.46. The lowest BCUT2D eigenvalue weighted by molar-refractivity contribution is -0.0130. The zero-order valence-corrected chi connectivity index (χ0v) is 11.5. The number of aliphatic hydroxyl groups excluding tert-OH is 1. The summed E-state index contributed by atoms with van der Waals surface area (Å²) in [5.41, 5.74) is -0.436. The Bertz CT molecular complexity index is 295. The number of thioether (sulfide) groups is 1. The molecule has 96 valence electrons. The Morgan fingerprint density at radius 1 is 1.53 bits per heavy atom. The van der Waals surface area contributed by atoms with Gasteiger partial charge in [-0.05, 0) is 42.6 Å². The van der Waals surface area contributed by atoms with Crippen molar-refractivity contribution in [3.05, 3.63) is 0 Å². The van der Waals surface area contributed by atoms with E-state index >= 15 is 0 Å². The van der Waals surface area contributed by atoms with Crippen molar-refractivity contribution >= 4 is 11.8 Å². The highest BCUT2D eigenvalue weighted by Gasteiger charge is 2.45. The highest BCUT2D eigenvalue weighted by molar-refractivity contribution is 7.99. The van der Waals surface area contributed by atoms with Crippen molar-refractivity contribution in [1.29, 1.82) is 5.26 Å². The molecule has 1 aliphatic carbocycles. The first-order chi connectivity index (χ1) is 8.22. The van der Waals surface area contributed by atoms with Crippen LogP contribution in [-0.2, 0) is 0 Å². The van der Waals surface area contributed by atoms with Crippen LogP contribution < -0.4 is 0 Å². The molecule has 1 aliphatic heterocycles. The molecule has 0 aromatic carbocycles. The van der Waals surface area contributed by atoms with Crippen LogP contribution in [0.15, 0.2) is 0 Å². The van der Waals surface area contributed by atoms with Gasteiger partial charge >= 0.3 is 0 Å². The van der Waals surface area contributed by atoms with Gasteiger partial charge in [-0.1, -0.05) is 26.2 Å². The maximum absolute atomic E-state index is 10.6. The molecule has 1 saturated carbocycles. The van der Waals surface area contributed by atoms with Crippen molar-refractivity contribution in [2.45, 2.75) is 51.6 Å². The number of aliphatic hydroxyl groups is 1. The standard InChI is InChI=1S/C14H23NOS/c1-2-11-4-3-6-14(8-11,10-15)13(16)12-5-7-17-9-12/h11-13,16H,2-9H2,1H3. The summed E-state index contributed by atoms with van der Waals surface area (Å²) in [5.74, 6) is 3.20. The van der Waals surface area contributed by atoms with Crippen molar-refractivity contribution < 1.29 is 5.11 Å². The second kappa shape index (κ2) is 5.63. The lowest BCUT2D eigenvalue weighted by Gasteiger charge is -2.41. The van der Waals surface area contributed by atoms with E-state index in [1.807, 2.05) is 11.8 Å². The minimum absolute atomic E-state index is 0.357. The highest BCUT2D eigenvalue weighted by atomic mass is 32.2. The molecule has 2 rings (SSSR count). The van der Waals surface area contributed by atoms with Crippen LogP contribution >= 0.6 is 11.8 Å². The molecule has 1 saturated heterocycles. The summed E-state index contributed by atoms with van der Waals surface area (Å²) in [6.07, 6.45) is 6.03. The van der Waals surface area contributed by atoms with Gasteiger partial charge in [0.05, 0.1) is 17.6 Å². The molecular formula is C14H23NOS. The largest absolute Gasteiger partial charge is 0.391 e. The van der Waals surface area contributed by atoms with E-state index in [0.29, 0.717) is 11.8 Å². The Morgan fingerprint density at radius 2 is 2.35 bits per heavy atom. The molecule has 1 N–H and O–H groups in total. The third kappa shape index (κ3) is 2.63. The smallest absolute Gasteiger partial charge is 0.0838 e. The van der Waals surface area contributed by atoms with Crippen LogP contribution in [0.1, 0.15) is 45.4 Å². The molecule has 0 radical (unpaired) electrons. The van der Waals surface area contributed by atoms with Crippen LogP contribution in [0.4, 0.5) is 0 Å². The molecule has 3 heteroatoms. The summed E-state index contributed by atoms with van der Waals surface area (Å²) in [6, 6.07) is 2.50. The molecule has 4 unspecified atom stereocenters. The summed E-state index contributed by atoms with van der Waals surface area (Å²) in [5, 5.41) is 20.2. The first-order valence-electron chi connectivity index (χ1n) is 6.89. The minimum atomic E-state index is -0.436. The fourth-order valence-corrected chi connectivity index (χ4v) is 4.75. The molecule has 0 bridgehead atoms. The Hall–Kier alpha value is -0.200. The monoisotopic (exact) mass is 253 g/mol. The van der Waals surface area contributed by atoms with Crippen LogP contribution in [0.3, 0.4) is 0 Å². The molecule has 2 nitrogen and oxygen atoms in total. The van der Waals surface area contributed by atoms with Crippen LogP contribution in [0.5, 0.6) is 0 Å². The summed E-state index contributed by atoms with van der Waals surface area (Å²) >= 11 is 1.92. The molecule has 1 heterocycles. The average molecular weight is 253 g/mol. The van der Waals surface area contributed by atoms with Gasteiger partial charge in [-0.3, -0.25) is 0 Å². The van der Waals surface area contributed by atoms with Gasteiger partial charge in [-0.2, -0.15) is 17.0 Å². The van der Waals surface area contributed by atoms with Gasteiger partial charge in [0.1, 0.15) is 0 Å². The van der Waals surface area contributed by atoms with Gasteiger partial charge < -0.3 is 5.11 Å². The Kier molecular flexibility index (Phi) is 4.38. The number of nitriles is 1. The van der Waals surface area contributed by atoms with E-state index in [2.05, 4.69) is 13.0 Å². The predicted molar refractivity (Wildman–Crippen MR) is 71.7 cm³/mol. The van der Waals surface area contributed by atoms with Gasteiger partial charge in [0, 0.05) is 0 Å². The van der Waals surface area contributed by atoms with Crippen LogP contribution in [0, 0.1) is 28.6 Å². The molecule has 17 heavy (non-hydrogen) atoms. The lowest BCUT2D eigenvalue weighted by atomic mass is 9.64. The molecule has 0 aromatic rings. The van der Waals surface area contributed by atoms with Crippen molar-refractivity contribution in [3.8, 4) is 6.07 Å². The molecule has 4 atom stereocenters. The van der Waals surface area contributed by atoms with E-state index in [0.717, 1.165) is 43.6 Å². The normalized spacial score (nSPS) is 39.8. The van der Waals surface area contributed by atoms with E-state index < -0.39 is 11.5 Å². The Labute approximate surface area is 109 Å². The SMILES string of the molecule is CCC1CCCC(C#N)(C(O)C2CCSC2)C1. The van der Waals surface area contributed by atoms with Crippen molar-refractivity contribution in [2.24, 2.45) is 17.3 Å². The van der Waals surface area contributed by atoms with E-state index in [9.17, 15) is 10.4 Å². The minimum Gasteiger partial charge on any atom is -0.391 e. The topological polar surface area (TPSA) is 44.0 Å². The maximum atomic E-state index is 10.6. The number of hydrogen-bond acceptors (Lipinski definition) is 3. The van der Waals surface area contributed by atoms with Gasteiger partial charge in [0.25, 0.3) is 0 Å². The fraction of sp³-hybridized carbons (Fsp3) is 0.929. The van der Waals surface area contributed by atoms with Crippen LogP contribution in [-0.4, -0.2) is 22.7 Å². The number of nitrogens with zero attached hydrogens (tertiary/aromatic N) is 1. The predicted octanol–water partition coefficient (Wildman–Crippen LogP) is 3.21. The Balaban J connectivity index is 2.09. The van der Waals surface area contributed by atoms with Crippen molar-refractivity contribution in [2.75, 3.05) is 11.5 Å². The summed E-state index contributed by atoms with van der Waals surface area (Å²) in [7, 11) is 0. The van der Waals surface area contributed by atoms with Gasteiger partial charge in [0.15, 0.2) is 0 Å². The van der Waals surface area contributed by atoms with E-state index in [1.54, 1.807) is 0 Å². The molecule has 2 fully saturated rings. The van der Waals surface area contributed by atoms with E-state index in [1.165, 1.54) is 6.42 Å². The number of hydrogen-bond donors (Lipinski definition) is 1. The first kappa shape index (κ1) is 13.2. The van der Waals surface area contributed by atoms with Crippen LogP contribution in [0.25, 0.3) is 0 Å².